The molecule has 4 aromatic rings. The molecule has 0 aliphatic heterocycles. The highest BCUT2D eigenvalue weighted by Gasteiger charge is 2.30. The van der Waals surface area contributed by atoms with Gasteiger partial charge in [0.15, 0.2) is 11.6 Å². The summed E-state index contributed by atoms with van der Waals surface area (Å²) in [5, 5.41) is 18.0. The summed E-state index contributed by atoms with van der Waals surface area (Å²) in [5.74, 6) is 1.57. The van der Waals surface area contributed by atoms with Gasteiger partial charge in [-0.05, 0) is 37.0 Å². The first kappa shape index (κ1) is 21.8. The van der Waals surface area contributed by atoms with Crippen molar-refractivity contribution >= 4 is 23.2 Å². The van der Waals surface area contributed by atoms with Crippen LogP contribution in [0.3, 0.4) is 0 Å². The van der Waals surface area contributed by atoms with Crippen LogP contribution in [0.4, 0.5) is 16.4 Å². The van der Waals surface area contributed by atoms with E-state index in [-0.39, 0.29) is 12.0 Å². The zero-order valence-corrected chi connectivity index (χ0v) is 18.8. The molecule has 1 aliphatic carbocycles. The Kier molecular flexibility index (Phi) is 6.34. The molecule has 11 heteroatoms. The Hall–Kier alpha value is -3.99. The lowest BCUT2D eigenvalue weighted by Gasteiger charge is -2.13. The fraction of sp³-hybridized carbons (Fsp3) is 0.348. The predicted octanol–water partition coefficient (Wildman–Crippen LogP) is 3.30. The van der Waals surface area contributed by atoms with Gasteiger partial charge in [-0.1, -0.05) is 6.07 Å². The van der Waals surface area contributed by atoms with Crippen molar-refractivity contribution in [1.82, 2.24) is 35.1 Å². The molecule has 0 bridgehead atoms. The second kappa shape index (κ2) is 9.87. The van der Waals surface area contributed by atoms with E-state index in [0.29, 0.717) is 24.8 Å². The van der Waals surface area contributed by atoms with Crippen LogP contribution in [0, 0.1) is 0 Å². The molecule has 11 nitrogen and oxygen atoms in total. The smallest absolute Gasteiger partial charge is 0.407 e. The second-order valence-corrected chi connectivity index (χ2v) is 8.26. The molecule has 1 amide bonds. The summed E-state index contributed by atoms with van der Waals surface area (Å²) in [4.78, 5) is 20.6. The zero-order valence-electron chi connectivity index (χ0n) is 18.8. The molecule has 1 aliphatic rings. The summed E-state index contributed by atoms with van der Waals surface area (Å²) >= 11 is 0. The molecule has 0 saturated heterocycles. The molecule has 4 aromatic heterocycles. The van der Waals surface area contributed by atoms with E-state index in [1.165, 1.54) is 0 Å². The first-order valence-corrected chi connectivity index (χ1v) is 11.2. The van der Waals surface area contributed by atoms with E-state index >= 15 is 0 Å². The lowest BCUT2D eigenvalue weighted by Crippen LogP contribution is -2.27. The number of anilines is 2. The number of ether oxygens (including phenoxy) is 2. The standard InChI is InChI=1S/C23H26N8O3/c1-33-14-17-10-20-22(25-7-8-31(20)30-17)27-21-11-19(28-29-21)16-4-5-18(9-16)34-23(32)26-13-15-3-2-6-24-12-15/h2-3,6-8,10-12,16,18H,4-5,9,13-14H2,1H3,(H,26,32)(H2,25,27,28,29)/t16-,18+/m0/s1. The molecule has 5 rings (SSSR count). The molecule has 3 N–H and O–H groups in total. The third-order valence-electron chi connectivity index (χ3n) is 5.83. The van der Waals surface area contributed by atoms with Gasteiger partial charge in [0.2, 0.25) is 0 Å². The molecule has 34 heavy (non-hydrogen) atoms. The number of rotatable bonds is 8. The van der Waals surface area contributed by atoms with Crippen LogP contribution in [0.25, 0.3) is 5.52 Å². The van der Waals surface area contributed by atoms with Crippen molar-refractivity contribution in [2.75, 3.05) is 12.4 Å². The van der Waals surface area contributed by atoms with E-state index in [4.69, 9.17) is 9.47 Å². The second-order valence-electron chi connectivity index (χ2n) is 8.26. The number of fused-ring (bicyclic) bond motifs is 1. The van der Waals surface area contributed by atoms with E-state index in [1.54, 1.807) is 36.4 Å². The van der Waals surface area contributed by atoms with Crippen molar-refractivity contribution in [3.05, 3.63) is 66.0 Å². The van der Waals surface area contributed by atoms with Crippen molar-refractivity contribution in [3.8, 4) is 0 Å². The van der Waals surface area contributed by atoms with Crippen molar-refractivity contribution < 1.29 is 14.3 Å². The van der Waals surface area contributed by atoms with Crippen molar-refractivity contribution in [2.24, 2.45) is 0 Å². The number of carbonyl (C=O) groups is 1. The highest BCUT2D eigenvalue weighted by molar-refractivity contribution is 5.72. The molecule has 0 spiro atoms. The van der Waals surface area contributed by atoms with Gasteiger partial charge in [-0.2, -0.15) is 10.2 Å². The first-order valence-electron chi connectivity index (χ1n) is 11.2. The Morgan fingerprint density at radius 2 is 2.24 bits per heavy atom. The largest absolute Gasteiger partial charge is 0.446 e. The number of carbonyl (C=O) groups excluding carboxylic acids is 1. The molecule has 0 radical (unpaired) electrons. The van der Waals surface area contributed by atoms with Crippen LogP contribution in [0.5, 0.6) is 0 Å². The SMILES string of the molecule is COCc1cc2c(Nc3cc([C@H]4CC[C@@H](OC(=O)NCc5cccnc5)C4)[nH]n3)nccn2n1. The third-order valence-corrected chi connectivity index (χ3v) is 5.83. The molecule has 0 unspecified atom stereocenters. The Morgan fingerprint density at radius 1 is 1.29 bits per heavy atom. The molecule has 4 heterocycles. The predicted molar refractivity (Wildman–Crippen MR) is 124 cm³/mol. The highest BCUT2D eigenvalue weighted by Crippen LogP contribution is 2.36. The van der Waals surface area contributed by atoms with Gasteiger partial charge in [0.05, 0.1) is 12.3 Å². The number of hydrogen-bond acceptors (Lipinski definition) is 8. The number of nitrogens with one attached hydrogen (secondary N) is 3. The number of pyridine rings is 1. The summed E-state index contributed by atoms with van der Waals surface area (Å²) < 4.78 is 12.5. The van der Waals surface area contributed by atoms with Gasteiger partial charge in [0.1, 0.15) is 11.6 Å². The summed E-state index contributed by atoms with van der Waals surface area (Å²) in [6.45, 7) is 0.823. The Bertz CT molecular complexity index is 1260. The summed E-state index contributed by atoms with van der Waals surface area (Å²) in [5.41, 5.74) is 3.59. The van der Waals surface area contributed by atoms with Crippen molar-refractivity contribution in [1.29, 1.82) is 0 Å². The van der Waals surface area contributed by atoms with Gasteiger partial charge < -0.3 is 20.1 Å². The molecular formula is C23H26N8O3. The van der Waals surface area contributed by atoms with E-state index in [0.717, 1.165) is 41.7 Å². The van der Waals surface area contributed by atoms with Crippen LogP contribution in [-0.4, -0.2) is 49.1 Å². The van der Waals surface area contributed by atoms with Gasteiger partial charge >= 0.3 is 6.09 Å². The molecule has 176 valence electrons. The fourth-order valence-electron chi connectivity index (χ4n) is 4.22. The number of H-pyrrole nitrogens is 1. The maximum absolute atomic E-state index is 12.2. The zero-order chi connectivity index (χ0) is 23.3. The summed E-state index contributed by atoms with van der Waals surface area (Å²) in [6.07, 6.45) is 8.84. The summed E-state index contributed by atoms with van der Waals surface area (Å²) in [6, 6.07) is 7.66. The summed E-state index contributed by atoms with van der Waals surface area (Å²) in [7, 11) is 1.64. The van der Waals surface area contributed by atoms with Crippen LogP contribution >= 0.6 is 0 Å². The number of methoxy groups -OCH3 is 1. The van der Waals surface area contributed by atoms with Gasteiger partial charge in [-0.25, -0.2) is 14.3 Å². The molecule has 0 aromatic carbocycles. The topological polar surface area (TPSA) is 131 Å². The minimum Gasteiger partial charge on any atom is -0.446 e. The first-order chi connectivity index (χ1) is 16.7. The highest BCUT2D eigenvalue weighted by atomic mass is 16.6. The third kappa shape index (κ3) is 4.99. The van der Waals surface area contributed by atoms with E-state index < -0.39 is 6.09 Å². The molecule has 1 saturated carbocycles. The quantitative estimate of drug-likeness (QED) is 0.363. The number of hydrogen-bond donors (Lipinski definition) is 3. The Balaban J connectivity index is 1.16. The van der Waals surface area contributed by atoms with Crippen LogP contribution in [0.2, 0.25) is 0 Å². The van der Waals surface area contributed by atoms with Crippen LogP contribution in [0.15, 0.2) is 49.1 Å². The average molecular weight is 463 g/mol. The monoisotopic (exact) mass is 462 g/mol. The maximum atomic E-state index is 12.2. The molecular weight excluding hydrogens is 436 g/mol. The number of nitrogens with zero attached hydrogens (tertiary/aromatic N) is 5. The van der Waals surface area contributed by atoms with Crippen molar-refractivity contribution in [3.63, 3.8) is 0 Å². The van der Waals surface area contributed by atoms with Crippen LogP contribution < -0.4 is 10.6 Å². The van der Waals surface area contributed by atoms with Gasteiger partial charge in [-0.15, -0.1) is 0 Å². The van der Waals surface area contributed by atoms with E-state index in [1.807, 2.05) is 24.3 Å². The Morgan fingerprint density at radius 3 is 3.09 bits per heavy atom. The van der Waals surface area contributed by atoms with Crippen molar-refractivity contribution in [2.45, 2.75) is 44.4 Å². The van der Waals surface area contributed by atoms with E-state index in [9.17, 15) is 4.79 Å². The fourth-order valence-corrected chi connectivity index (χ4v) is 4.22. The average Bonchev–Trinajstić information content (AvgIpc) is 3.59. The minimum atomic E-state index is -0.408. The van der Waals surface area contributed by atoms with Gasteiger partial charge in [0.25, 0.3) is 0 Å². The normalized spacial score (nSPS) is 17.7. The van der Waals surface area contributed by atoms with E-state index in [2.05, 4.69) is 35.9 Å². The molecule has 2 atom stereocenters. The number of alkyl carbamates (subject to hydrolysis) is 1. The minimum absolute atomic E-state index is 0.125. The lowest BCUT2D eigenvalue weighted by atomic mass is 10.0. The van der Waals surface area contributed by atoms with Gasteiger partial charge in [-0.3, -0.25) is 10.1 Å². The Labute approximate surface area is 195 Å². The number of aromatic amines is 1. The van der Waals surface area contributed by atoms with Gasteiger partial charge in [0, 0.05) is 56.1 Å². The number of aromatic nitrogens is 6. The number of amides is 1. The lowest BCUT2D eigenvalue weighted by molar-refractivity contribution is 0.0996. The maximum Gasteiger partial charge on any atom is 0.407 e. The van der Waals surface area contributed by atoms with Crippen LogP contribution in [0.1, 0.15) is 42.1 Å². The molecule has 1 fully saturated rings. The van der Waals surface area contributed by atoms with Crippen LogP contribution in [-0.2, 0) is 22.6 Å².